The second-order valence-electron chi connectivity index (χ2n) is 7.47. The Kier molecular flexibility index (Phi) is 6.68. The fourth-order valence-electron chi connectivity index (χ4n) is 3.26. The number of rotatable bonds is 8. The van der Waals surface area contributed by atoms with Crippen molar-refractivity contribution in [1.82, 2.24) is 25.3 Å². The maximum absolute atomic E-state index is 12.7. The molecule has 0 radical (unpaired) electrons. The van der Waals surface area contributed by atoms with Gasteiger partial charge in [-0.25, -0.2) is 9.67 Å². The molecule has 4 rings (SSSR count). The van der Waals surface area contributed by atoms with E-state index >= 15 is 0 Å². The van der Waals surface area contributed by atoms with Gasteiger partial charge in [-0.15, -0.1) is 5.10 Å². The van der Waals surface area contributed by atoms with E-state index in [9.17, 15) is 18.0 Å². The lowest BCUT2D eigenvalue weighted by Crippen LogP contribution is -2.46. The number of aromatic nitrogens is 4. The highest BCUT2D eigenvalue weighted by Crippen LogP contribution is 2.32. The van der Waals surface area contributed by atoms with Crippen molar-refractivity contribution >= 4 is 17.5 Å². The standard InChI is InChI=1S/C21H19ClF3N5O3/c22-13-3-1-4-17(7-13)32-12-19(31)26-14-8-16(9-14)30-10-15(28-29-30)11-33-20-6-2-5-18(27-20)21(23,24)25/h1-7,10,14,16H,8-9,11-12H2,(H,26,31). The molecule has 1 aliphatic carbocycles. The Hall–Kier alpha value is -3.34. The summed E-state index contributed by atoms with van der Waals surface area (Å²) in [5.74, 6) is 0.132. The zero-order valence-corrected chi connectivity index (χ0v) is 17.9. The van der Waals surface area contributed by atoms with E-state index in [0.29, 0.717) is 29.3 Å². The Morgan fingerprint density at radius 2 is 1.97 bits per heavy atom. The average molecular weight is 482 g/mol. The molecular formula is C21H19ClF3N5O3. The van der Waals surface area contributed by atoms with E-state index < -0.39 is 11.9 Å². The molecule has 1 N–H and O–H groups in total. The summed E-state index contributed by atoms with van der Waals surface area (Å²) < 4.78 is 50.6. The molecule has 1 saturated carbocycles. The molecule has 174 valence electrons. The van der Waals surface area contributed by atoms with Crippen molar-refractivity contribution < 1.29 is 27.4 Å². The first-order chi connectivity index (χ1) is 15.8. The molecule has 0 spiro atoms. The van der Waals surface area contributed by atoms with E-state index in [-0.39, 0.29) is 37.1 Å². The predicted octanol–water partition coefficient (Wildman–Crippen LogP) is 3.82. The molecule has 1 aromatic carbocycles. The number of hydrogen-bond acceptors (Lipinski definition) is 6. The molecule has 0 atom stereocenters. The maximum atomic E-state index is 12.7. The molecule has 1 fully saturated rings. The van der Waals surface area contributed by atoms with Crippen LogP contribution in [0.4, 0.5) is 13.2 Å². The van der Waals surface area contributed by atoms with Crippen molar-refractivity contribution in [2.45, 2.75) is 37.7 Å². The molecule has 0 bridgehead atoms. The van der Waals surface area contributed by atoms with Crippen molar-refractivity contribution in [2.75, 3.05) is 6.61 Å². The summed E-state index contributed by atoms with van der Waals surface area (Å²) in [5.41, 5.74) is -0.569. The molecule has 1 amide bonds. The second kappa shape index (κ2) is 9.65. The normalized spacial score (nSPS) is 17.8. The molecule has 12 heteroatoms. The topological polar surface area (TPSA) is 91.2 Å². The third kappa shape index (κ3) is 6.13. The van der Waals surface area contributed by atoms with E-state index in [2.05, 4.69) is 20.6 Å². The smallest absolute Gasteiger partial charge is 0.433 e. The zero-order chi connectivity index (χ0) is 23.4. The van der Waals surface area contributed by atoms with E-state index in [4.69, 9.17) is 21.1 Å². The summed E-state index contributed by atoms with van der Waals surface area (Å²) in [5, 5.41) is 11.4. The minimum atomic E-state index is -4.54. The largest absolute Gasteiger partial charge is 0.484 e. The quantitative estimate of drug-likeness (QED) is 0.526. The van der Waals surface area contributed by atoms with Crippen molar-refractivity contribution in [3.8, 4) is 11.6 Å². The first kappa shape index (κ1) is 22.8. The van der Waals surface area contributed by atoms with Gasteiger partial charge in [0.15, 0.2) is 6.61 Å². The average Bonchev–Trinajstić information content (AvgIpc) is 3.21. The third-order valence-electron chi connectivity index (χ3n) is 4.96. The number of hydrogen-bond donors (Lipinski definition) is 1. The molecule has 0 saturated heterocycles. The van der Waals surface area contributed by atoms with Crippen LogP contribution in [0.15, 0.2) is 48.7 Å². The van der Waals surface area contributed by atoms with Gasteiger partial charge in [0.25, 0.3) is 5.91 Å². The summed E-state index contributed by atoms with van der Waals surface area (Å²) in [4.78, 5) is 15.5. The lowest BCUT2D eigenvalue weighted by Gasteiger charge is -2.35. The Morgan fingerprint density at radius 1 is 1.18 bits per heavy atom. The van der Waals surface area contributed by atoms with Gasteiger partial charge >= 0.3 is 6.18 Å². The highest BCUT2D eigenvalue weighted by Gasteiger charge is 2.33. The van der Waals surface area contributed by atoms with Gasteiger partial charge in [0.1, 0.15) is 23.7 Å². The molecular weight excluding hydrogens is 463 g/mol. The molecule has 8 nitrogen and oxygen atoms in total. The first-order valence-corrected chi connectivity index (χ1v) is 10.4. The Morgan fingerprint density at radius 3 is 2.73 bits per heavy atom. The fourth-order valence-corrected chi connectivity index (χ4v) is 3.44. The fraction of sp³-hybridized carbons (Fsp3) is 0.333. The first-order valence-electron chi connectivity index (χ1n) is 10.0. The predicted molar refractivity (Wildman–Crippen MR) is 111 cm³/mol. The number of nitrogens with one attached hydrogen (secondary N) is 1. The minimum absolute atomic E-state index is 0.0105. The second-order valence-corrected chi connectivity index (χ2v) is 7.91. The number of benzene rings is 1. The van der Waals surface area contributed by atoms with Gasteiger partial charge < -0.3 is 14.8 Å². The molecule has 2 aromatic heterocycles. The van der Waals surface area contributed by atoms with Gasteiger partial charge in [0, 0.05) is 17.1 Å². The van der Waals surface area contributed by atoms with Crippen LogP contribution in [0.2, 0.25) is 5.02 Å². The van der Waals surface area contributed by atoms with Crippen LogP contribution in [0.3, 0.4) is 0 Å². The van der Waals surface area contributed by atoms with Crippen LogP contribution in [0.25, 0.3) is 0 Å². The lowest BCUT2D eigenvalue weighted by molar-refractivity contribution is -0.141. The van der Waals surface area contributed by atoms with Crippen LogP contribution in [0, 0.1) is 0 Å². The number of carbonyl (C=O) groups excluding carboxylic acids is 1. The van der Waals surface area contributed by atoms with Gasteiger partial charge in [-0.1, -0.05) is 28.9 Å². The van der Waals surface area contributed by atoms with Gasteiger partial charge in [-0.3, -0.25) is 4.79 Å². The van der Waals surface area contributed by atoms with Crippen LogP contribution in [-0.2, 0) is 17.6 Å². The third-order valence-corrected chi connectivity index (χ3v) is 5.19. The summed E-state index contributed by atoms with van der Waals surface area (Å²) in [6, 6.07) is 10.3. The number of amides is 1. The van der Waals surface area contributed by atoms with Gasteiger partial charge in [0.2, 0.25) is 5.88 Å². The number of nitrogens with zero attached hydrogens (tertiary/aromatic N) is 4. The van der Waals surface area contributed by atoms with Crippen LogP contribution < -0.4 is 14.8 Å². The van der Waals surface area contributed by atoms with Crippen LogP contribution in [0.1, 0.15) is 30.3 Å². The number of halogens is 4. The highest BCUT2D eigenvalue weighted by molar-refractivity contribution is 6.30. The molecule has 2 heterocycles. The SMILES string of the molecule is O=C(COc1cccc(Cl)c1)NC1CC(n2cc(COc3cccc(C(F)(F)F)n3)nn2)C1. The van der Waals surface area contributed by atoms with Gasteiger partial charge in [-0.05, 0) is 37.1 Å². The van der Waals surface area contributed by atoms with E-state index in [1.165, 1.54) is 12.1 Å². The van der Waals surface area contributed by atoms with Gasteiger partial charge in [0.05, 0.1) is 12.2 Å². The molecule has 1 aliphatic rings. The number of ether oxygens (including phenoxy) is 2. The van der Waals surface area contributed by atoms with Crippen LogP contribution in [-0.4, -0.2) is 38.5 Å². The molecule has 3 aromatic rings. The van der Waals surface area contributed by atoms with Crippen LogP contribution >= 0.6 is 11.6 Å². The highest BCUT2D eigenvalue weighted by atomic mass is 35.5. The van der Waals surface area contributed by atoms with Gasteiger partial charge in [-0.2, -0.15) is 13.2 Å². The molecule has 33 heavy (non-hydrogen) atoms. The summed E-state index contributed by atoms with van der Waals surface area (Å²) in [6.07, 6.45) is -1.54. The molecule has 0 unspecified atom stereocenters. The van der Waals surface area contributed by atoms with Crippen molar-refractivity contribution in [1.29, 1.82) is 0 Å². The number of pyridine rings is 1. The van der Waals surface area contributed by atoms with Crippen molar-refractivity contribution in [3.63, 3.8) is 0 Å². The molecule has 0 aliphatic heterocycles. The zero-order valence-electron chi connectivity index (χ0n) is 17.1. The van der Waals surface area contributed by atoms with Crippen molar-refractivity contribution in [2.24, 2.45) is 0 Å². The van der Waals surface area contributed by atoms with E-state index in [1.807, 2.05) is 0 Å². The van der Waals surface area contributed by atoms with Crippen molar-refractivity contribution in [3.05, 3.63) is 65.1 Å². The Bertz CT molecular complexity index is 1120. The monoisotopic (exact) mass is 481 g/mol. The lowest BCUT2D eigenvalue weighted by atomic mass is 9.87. The summed E-state index contributed by atoms with van der Waals surface area (Å²) >= 11 is 5.88. The minimum Gasteiger partial charge on any atom is -0.484 e. The maximum Gasteiger partial charge on any atom is 0.433 e. The van der Waals surface area contributed by atoms with E-state index in [1.54, 1.807) is 35.1 Å². The van der Waals surface area contributed by atoms with Crippen LogP contribution in [0.5, 0.6) is 11.6 Å². The Labute approximate surface area is 191 Å². The number of alkyl halides is 3. The summed E-state index contributed by atoms with van der Waals surface area (Å²) in [6.45, 7) is -0.183. The Balaban J connectivity index is 1.20. The number of carbonyl (C=O) groups is 1. The van der Waals surface area contributed by atoms with E-state index in [0.717, 1.165) is 6.07 Å². The summed E-state index contributed by atoms with van der Waals surface area (Å²) in [7, 11) is 0.